The third-order valence-corrected chi connectivity index (χ3v) is 4.07. The molecule has 0 bridgehead atoms. The Labute approximate surface area is 129 Å². The molecule has 0 radical (unpaired) electrons. The number of imidazole rings is 1. The van der Waals surface area contributed by atoms with E-state index in [0.717, 1.165) is 42.9 Å². The van der Waals surface area contributed by atoms with Gasteiger partial charge in [-0.1, -0.05) is 0 Å². The van der Waals surface area contributed by atoms with Gasteiger partial charge in [-0.25, -0.2) is 15.0 Å². The number of aromatic nitrogens is 4. The molecule has 0 aliphatic carbocycles. The van der Waals surface area contributed by atoms with E-state index in [9.17, 15) is 4.79 Å². The second-order valence-corrected chi connectivity index (χ2v) is 6.15. The Morgan fingerprint density at radius 1 is 1.27 bits per heavy atom. The van der Waals surface area contributed by atoms with Gasteiger partial charge in [-0.2, -0.15) is 0 Å². The van der Waals surface area contributed by atoms with E-state index in [-0.39, 0.29) is 17.9 Å². The molecule has 1 aliphatic rings. The molecular weight excluding hydrogens is 280 g/mol. The van der Waals surface area contributed by atoms with Crippen molar-refractivity contribution in [2.24, 2.45) is 13.0 Å². The van der Waals surface area contributed by atoms with Crippen molar-refractivity contribution < 1.29 is 4.79 Å². The van der Waals surface area contributed by atoms with Gasteiger partial charge in [0.2, 0.25) is 5.91 Å². The molecule has 1 N–H and O–H groups in total. The maximum Gasteiger partial charge on any atom is 0.223 e. The van der Waals surface area contributed by atoms with E-state index in [4.69, 9.17) is 0 Å². The number of hydrogen-bond acceptors (Lipinski definition) is 5. The number of fused-ring (bicyclic) bond motifs is 1. The van der Waals surface area contributed by atoms with Crippen molar-refractivity contribution in [1.82, 2.24) is 24.8 Å². The zero-order valence-electron chi connectivity index (χ0n) is 13.3. The van der Waals surface area contributed by atoms with Gasteiger partial charge in [-0.3, -0.25) is 4.79 Å². The molecule has 0 aromatic carbocycles. The van der Waals surface area contributed by atoms with Crippen LogP contribution < -0.4 is 10.2 Å². The Hall–Kier alpha value is -2.18. The fraction of sp³-hybridized carbons (Fsp3) is 0.600. The zero-order chi connectivity index (χ0) is 15.7. The van der Waals surface area contributed by atoms with Crippen LogP contribution in [0.3, 0.4) is 0 Å². The van der Waals surface area contributed by atoms with E-state index < -0.39 is 0 Å². The SMILES string of the molecule is CC(C)NC(=O)C1CCN(c2ncnc3c2ncn3C)CC1. The molecule has 1 amide bonds. The molecule has 7 heteroatoms. The predicted octanol–water partition coefficient (Wildman–Crippen LogP) is 1.10. The molecule has 3 rings (SSSR count). The summed E-state index contributed by atoms with van der Waals surface area (Å²) in [5.41, 5.74) is 1.67. The van der Waals surface area contributed by atoms with E-state index in [1.165, 1.54) is 0 Å². The number of anilines is 1. The molecule has 22 heavy (non-hydrogen) atoms. The standard InChI is InChI=1S/C15H22N6O/c1-10(2)19-15(22)11-4-6-21(7-5-11)14-12-13(16-8-17-14)20(3)9-18-12/h8-11H,4-7H2,1-3H3,(H,19,22). The first kappa shape index (κ1) is 14.7. The van der Waals surface area contributed by atoms with Gasteiger partial charge in [0.25, 0.3) is 0 Å². The van der Waals surface area contributed by atoms with Crippen LogP contribution in [0, 0.1) is 5.92 Å². The second kappa shape index (κ2) is 5.90. The first-order valence-electron chi connectivity index (χ1n) is 7.73. The van der Waals surface area contributed by atoms with Crippen LogP contribution in [0.15, 0.2) is 12.7 Å². The summed E-state index contributed by atoms with van der Waals surface area (Å²) >= 11 is 0. The second-order valence-electron chi connectivity index (χ2n) is 6.15. The molecule has 0 atom stereocenters. The van der Waals surface area contributed by atoms with Crippen LogP contribution >= 0.6 is 0 Å². The van der Waals surface area contributed by atoms with Crippen molar-refractivity contribution >= 4 is 22.9 Å². The average molecular weight is 302 g/mol. The van der Waals surface area contributed by atoms with Crippen LogP contribution in [0.5, 0.6) is 0 Å². The van der Waals surface area contributed by atoms with Crippen molar-refractivity contribution in [3.63, 3.8) is 0 Å². The van der Waals surface area contributed by atoms with Crippen molar-refractivity contribution in [2.75, 3.05) is 18.0 Å². The lowest BCUT2D eigenvalue weighted by Crippen LogP contribution is -2.42. The summed E-state index contributed by atoms with van der Waals surface area (Å²) in [5, 5.41) is 3.00. The normalized spacial score (nSPS) is 16.5. The summed E-state index contributed by atoms with van der Waals surface area (Å²) in [7, 11) is 1.93. The van der Waals surface area contributed by atoms with Crippen molar-refractivity contribution in [3.05, 3.63) is 12.7 Å². The van der Waals surface area contributed by atoms with Gasteiger partial charge in [0.1, 0.15) is 6.33 Å². The predicted molar refractivity (Wildman–Crippen MR) is 84.5 cm³/mol. The first-order chi connectivity index (χ1) is 10.6. The Balaban J connectivity index is 1.72. The molecule has 1 aliphatic heterocycles. The van der Waals surface area contributed by atoms with Crippen LogP contribution in [0.2, 0.25) is 0 Å². The maximum atomic E-state index is 12.1. The third kappa shape index (κ3) is 2.75. The lowest BCUT2D eigenvalue weighted by molar-refractivity contribution is -0.126. The number of rotatable bonds is 3. The van der Waals surface area contributed by atoms with Gasteiger partial charge in [0, 0.05) is 32.1 Å². The van der Waals surface area contributed by atoms with Crippen LogP contribution in [0.1, 0.15) is 26.7 Å². The number of carbonyl (C=O) groups is 1. The third-order valence-electron chi connectivity index (χ3n) is 4.07. The Morgan fingerprint density at radius 3 is 2.68 bits per heavy atom. The summed E-state index contributed by atoms with van der Waals surface area (Å²) in [6.07, 6.45) is 5.02. The summed E-state index contributed by atoms with van der Waals surface area (Å²) in [6, 6.07) is 0.195. The molecule has 3 heterocycles. The molecule has 2 aromatic rings. The maximum absolute atomic E-state index is 12.1. The lowest BCUT2D eigenvalue weighted by Gasteiger charge is -2.32. The summed E-state index contributed by atoms with van der Waals surface area (Å²) in [6.45, 7) is 5.62. The number of piperidine rings is 1. The largest absolute Gasteiger partial charge is 0.355 e. The fourth-order valence-corrected chi connectivity index (χ4v) is 2.92. The monoisotopic (exact) mass is 302 g/mol. The molecule has 0 spiro atoms. The highest BCUT2D eigenvalue weighted by molar-refractivity contribution is 5.84. The van der Waals surface area contributed by atoms with Crippen molar-refractivity contribution in [2.45, 2.75) is 32.7 Å². The first-order valence-corrected chi connectivity index (χ1v) is 7.73. The van der Waals surface area contributed by atoms with Crippen LogP contribution in [-0.2, 0) is 11.8 Å². The Morgan fingerprint density at radius 2 is 2.00 bits per heavy atom. The number of aryl methyl sites for hydroxylation is 1. The van der Waals surface area contributed by atoms with Gasteiger partial charge in [-0.15, -0.1) is 0 Å². The molecule has 1 fully saturated rings. The van der Waals surface area contributed by atoms with E-state index in [0.29, 0.717) is 0 Å². The molecule has 1 saturated heterocycles. The van der Waals surface area contributed by atoms with Crippen molar-refractivity contribution in [1.29, 1.82) is 0 Å². The summed E-state index contributed by atoms with van der Waals surface area (Å²) in [4.78, 5) is 27.4. The molecular formula is C15H22N6O. The Bertz CT molecular complexity index is 672. The minimum Gasteiger partial charge on any atom is -0.355 e. The highest BCUT2D eigenvalue weighted by Gasteiger charge is 2.27. The Kier molecular flexibility index (Phi) is 3.96. The van der Waals surface area contributed by atoms with Crippen molar-refractivity contribution in [3.8, 4) is 0 Å². The van der Waals surface area contributed by atoms with Gasteiger partial charge >= 0.3 is 0 Å². The molecule has 7 nitrogen and oxygen atoms in total. The number of nitrogens with one attached hydrogen (secondary N) is 1. The molecule has 0 saturated carbocycles. The lowest BCUT2D eigenvalue weighted by atomic mass is 9.95. The molecule has 0 unspecified atom stereocenters. The van der Waals surface area contributed by atoms with Crippen LogP contribution in [-0.4, -0.2) is 44.6 Å². The van der Waals surface area contributed by atoms with E-state index in [2.05, 4.69) is 25.2 Å². The minimum absolute atomic E-state index is 0.0970. The average Bonchev–Trinajstić information content (AvgIpc) is 2.88. The van der Waals surface area contributed by atoms with Crippen LogP contribution in [0.4, 0.5) is 5.82 Å². The highest BCUT2D eigenvalue weighted by atomic mass is 16.1. The minimum atomic E-state index is 0.0970. The van der Waals surface area contributed by atoms with Crippen LogP contribution in [0.25, 0.3) is 11.2 Å². The quantitative estimate of drug-likeness (QED) is 0.919. The number of hydrogen-bond donors (Lipinski definition) is 1. The number of carbonyl (C=O) groups excluding carboxylic acids is 1. The van der Waals surface area contributed by atoms with E-state index in [1.807, 2.05) is 25.5 Å². The van der Waals surface area contributed by atoms with Gasteiger partial charge in [0.15, 0.2) is 17.0 Å². The van der Waals surface area contributed by atoms with Gasteiger partial charge < -0.3 is 14.8 Å². The fourth-order valence-electron chi connectivity index (χ4n) is 2.92. The zero-order valence-corrected chi connectivity index (χ0v) is 13.3. The number of amides is 1. The van der Waals surface area contributed by atoms with Gasteiger partial charge in [0.05, 0.1) is 6.33 Å². The summed E-state index contributed by atoms with van der Waals surface area (Å²) < 4.78 is 1.89. The smallest absolute Gasteiger partial charge is 0.223 e. The molecule has 2 aromatic heterocycles. The van der Waals surface area contributed by atoms with Gasteiger partial charge in [-0.05, 0) is 26.7 Å². The number of nitrogens with zero attached hydrogens (tertiary/aromatic N) is 5. The topological polar surface area (TPSA) is 75.9 Å². The summed E-state index contributed by atoms with van der Waals surface area (Å²) in [5.74, 6) is 1.13. The highest BCUT2D eigenvalue weighted by Crippen LogP contribution is 2.26. The van der Waals surface area contributed by atoms with E-state index >= 15 is 0 Å². The molecule has 118 valence electrons. The van der Waals surface area contributed by atoms with E-state index in [1.54, 1.807) is 12.7 Å².